The largest absolute Gasteiger partial charge is 0.316 e. The van der Waals surface area contributed by atoms with Gasteiger partial charge in [-0.15, -0.1) is 0 Å². The Labute approximate surface area is 111 Å². The first kappa shape index (κ1) is 10.6. The fraction of sp³-hybridized carbons (Fsp3) is 0.429. The van der Waals surface area contributed by atoms with Crippen LogP contribution in [-0.4, -0.2) is 35.4 Å². The van der Waals surface area contributed by atoms with Crippen molar-refractivity contribution in [3.63, 3.8) is 0 Å². The molecule has 0 spiro atoms. The molecule has 1 N–H and O–H groups in total. The Hall–Kier alpha value is -1.26. The van der Waals surface area contributed by atoms with Crippen LogP contribution in [0.5, 0.6) is 0 Å². The lowest BCUT2D eigenvalue weighted by molar-refractivity contribution is 0.0854. The van der Waals surface area contributed by atoms with Gasteiger partial charge in [-0.05, 0) is 36.9 Å². The molecule has 1 saturated heterocycles. The lowest BCUT2D eigenvalue weighted by atomic mass is 10.1. The average molecular weight is 258 g/mol. The number of nitrogens with zero attached hydrogens (tertiary/aromatic N) is 1. The van der Waals surface area contributed by atoms with E-state index in [-0.39, 0.29) is 5.91 Å². The Balaban J connectivity index is 1.57. The summed E-state index contributed by atoms with van der Waals surface area (Å²) >= 11 is 5.44. The van der Waals surface area contributed by atoms with Crippen molar-refractivity contribution in [2.75, 3.05) is 19.6 Å². The number of amides is 1. The highest BCUT2D eigenvalue weighted by Crippen LogP contribution is 2.49. The number of piperidine rings is 1. The molecule has 2 atom stereocenters. The van der Waals surface area contributed by atoms with Gasteiger partial charge in [0.2, 0.25) is 0 Å². The second kappa shape index (κ2) is 3.62. The normalized spacial score (nSPS) is 32.7. The van der Waals surface area contributed by atoms with Crippen LogP contribution in [0.15, 0.2) is 24.3 Å². The highest BCUT2D eigenvalue weighted by Gasteiger charge is 2.54. The Kier molecular flexibility index (Phi) is 2.14. The molecule has 4 heteroatoms. The van der Waals surface area contributed by atoms with Crippen molar-refractivity contribution in [1.29, 1.82) is 0 Å². The monoisotopic (exact) mass is 258 g/mol. The van der Waals surface area contributed by atoms with E-state index in [1.807, 2.05) is 29.2 Å². The van der Waals surface area contributed by atoms with E-state index in [1.54, 1.807) is 0 Å². The van der Waals surface area contributed by atoms with Crippen LogP contribution < -0.4 is 5.32 Å². The van der Waals surface area contributed by atoms with Gasteiger partial charge in [0.05, 0.1) is 5.56 Å². The SMILES string of the molecule is O=C1c2ccccc2C(=S)N1CC1C2CNCC21. The topological polar surface area (TPSA) is 32.3 Å². The molecule has 2 heterocycles. The second-order valence-corrected chi connectivity index (χ2v) is 5.80. The molecule has 3 aliphatic rings. The standard InChI is InChI=1S/C14H14N2OS/c17-13-8-3-1-2-4-9(8)14(18)16(13)7-12-10-5-15-6-11(10)12/h1-4,10-12,15H,5-7H2. The minimum absolute atomic E-state index is 0.0912. The van der Waals surface area contributed by atoms with Gasteiger partial charge < -0.3 is 5.32 Å². The highest BCUT2D eigenvalue weighted by molar-refractivity contribution is 7.80. The minimum Gasteiger partial charge on any atom is -0.316 e. The minimum atomic E-state index is 0.0912. The van der Waals surface area contributed by atoms with Gasteiger partial charge in [-0.1, -0.05) is 30.4 Å². The van der Waals surface area contributed by atoms with E-state index in [2.05, 4.69) is 5.32 Å². The van der Waals surface area contributed by atoms with Crippen molar-refractivity contribution in [2.45, 2.75) is 0 Å². The molecule has 1 amide bonds. The molecular weight excluding hydrogens is 244 g/mol. The smallest absolute Gasteiger partial charge is 0.259 e. The van der Waals surface area contributed by atoms with Crippen molar-refractivity contribution >= 4 is 23.1 Å². The number of rotatable bonds is 2. The molecular formula is C14H14N2OS. The molecule has 0 aromatic heterocycles. The highest BCUT2D eigenvalue weighted by atomic mass is 32.1. The molecule has 3 nitrogen and oxygen atoms in total. The Morgan fingerprint density at radius 2 is 1.89 bits per heavy atom. The second-order valence-electron chi connectivity index (χ2n) is 5.42. The van der Waals surface area contributed by atoms with Crippen molar-refractivity contribution in [3.8, 4) is 0 Å². The van der Waals surface area contributed by atoms with Crippen LogP contribution in [0, 0.1) is 17.8 Å². The average Bonchev–Trinajstić information content (AvgIpc) is 2.74. The number of benzene rings is 1. The molecule has 0 radical (unpaired) electrons. The van der Waals surface area contributed by atoms with E-state index >= 15 is 0 Å². The third-order valence-corrected chi connectivity index (χ3v) is 4.98. The van der Waals surface area contributed by atoms with Crippen LogP contribution in [0.2, 0.25) is 0 Å². The predicted molar refractivity (Wildman–Crippen MR) is 72.5 cm³/mol. The van der Waals surface area contributed by atoms with E-state index in [9.17, 15) is 4.79 Å². The van der Waals surface area contributed by atoms with Crippen molar-refractivity contribution in [1.82, 2.24) is 10.2 Å². The van der Waals surface area contributed by atoms with Gasteiger partial charge in [-0.2, -0.15) is 0 Å². The summed E-state index contributed by atoms with van der Waals surface area (Å²) < 4.78 is 0. The molecule has 4 rings (SSSR count). The van der Waals surface area contributed by atoms with Crippen LogP contribution in [0.1, 0.15) is 15.9 Å². The number of carbonyl (C=O) groups excluding carboxylic acids is 1. The van der Waals surface area contributed by atoms with Crippen LogP contribution in [0.25, 0.3) is 0 Å². The van der Waals surface area contributed by atoms with Crippen LogP contribution in [-0.2, 0) is 0 Å². The van der Waals surface area contributed by atoms with Gasteiger partial charge in [-0.25, -0.2) is 0 Å². The summed E-state index contributed by atoms with van der Waals surface area (Å²) in [6.45, 7) is 3.03. The molecule has 1 saturated carbocycles. The number of nitrogens with one attached hydrogen (secondary N) is 1. The summed E-state index contributed by atoms with van der Waals surface area (Å²) in [4.78, 5) is 14.8. The first-order valence-corrected chi connectivity index (χ1v) is 6.84. The van der Waals surface area contributed by atoms with Gasteiger partial charge in [-0.3, -0.25) is 9.69 Å². The molecule has 2 unspecified atom stereocenters. The number of hydrogen-bond acceptors (Lipinski definition) is 3. The van der Waals surface area contributed by atoms with Crippen molar-refractivity contribution in [2.24, 2.45) is 17.8 Å². The lowest BCUT2D eigenvalue weighted by Crippen LogP contribution is -2.33. The van der Waals surface area contributed by atoms with Crippen LogP contribution >= 0.6 is 12.2 Å². The van der Waals surface area contributed by atoms with Gasteiger partial charge >= 0.3 is 0 Å². The van der Waals surface area contributed by atoms with Crippen LogP contribution in [0.3, 0.4) is 0 Å². The predicted octanol–water partition coefficient (Wildman–Crippen LogP) is 1.28. The van der Waals surface area contributed by atoms with E-state index < -0.39 is 0 Å². The van der Waals surface area contributed by atoms with E-state index in [4.69, 9.17) is 12.2 Å². The molecule has 2 fully saturated rings. The zero-order chi connectivity index (χ0) is 12.3. The number of hydrogen-bond donors (Lipinski definition) is 1. The zero-order valence-electron chi connectivity index (χ0n) is 9.93. The maximum atomic E-state index is 12.3. The van der Waals surface area contributed by atoms with E-state index in [1.165, 1.54) is 0 Å². The summed E-state index contributed by atoms with van der Waals surface area (Å²) in [5, 5.41) is 3.38. The Morgan fingerprint density at radius 3 is 2.56 bits per heavy atom. The number of carbonyl (C=O) groups is 1. The van der Waals surface area contributed by atoms with Crippen LogP contribution in [0.4, 0.5) is 0 Å². The Bertz CT molecular complexity index is 511. The number of fused-ring (bicyclic) bond motifs is 2. The molecule has 1 aromatic rings. The molecule has 1 aromatic carbocycles. The summed E-state index contributed by atoms with van der Waals surface area (Å²) in [5.41, 5.74) is 1.70. The zero-order valence-corrected chi connectivity index (χ0v) is 10.7. The first-order valence-electron chi connectivity index (χ1n) is 6.43. The van der Waals surface area contributed by atoms with E-state index in [0.29, 0.717) is 10.9 Å². The third kappa shape index (κ3) is 1.33. The van der Waals surface area contributed by atoms with Crippen molar-refractivity contribution < 1.29 is 4.79 Å². The maximum absolute atomic E-state index is 12.3. The lowest BCUT2D eigenvalue weighted by Gasteiger charge is -2.17. The summed E-state index contributed by atoms with van der Waals surface area (Å²) in [6.07, 6.45) is 0. The molecule has 1 aliphatic carbocycles. The molecule has 18 heavy (non-hydrogen) atoms. The summed E-state index contributed by atoms with van der Waals surface area (Å²) in [5.74, 6) is 2.28. The molecule has 2 aliphatic heterocycles. The van der Waals surface area contributed by atoms with E-state index in [0.717, 1.165) is 42.6 Å². The quantitative estimate of drug-likeness (QED) is 0.811. The Morgan fingerprint density at radius 1 is 1.22 bits per heavy atom. The van der Waals surface area contributed by atoms with Gasteiger partial charge in [0.25, 0.3) is 5.91 Å². The van der Waals surface area contributed by atoms with Crippen molar-refractivity contribution in [3.05, 3.63) is 35.4 Å². The fourth-order valence-corrected chi connectivity index (χ4v) is 3.77. The summed E-state index contributed by atoms with van der Waals surface area (Å²) in [7, 11) is 0. The molecule has 0 bridgehead atoms. The molecule has 92 valence electrons. The van der Waals surface area contributed by atoms with Gasteiger partial charge in [0, 0.05) is 12.1 Å². The maximum Gasteiger partial charge on any atom is 0.259 e. The number of thiocarbonyl (C=S) groups is 1. The third-order valence-electron chi connectivity index (χ3n) is 4.54. The van der Waals surface area contributed by atoms with Gasteiger partial charge in [0.1, 0.15) is 4.99 Å². The van der Waals surface area contributed by atoms with Gasteiger partial charge in [0.15, 0.2) is 0 Å². The fourth-order valence-electron chi connectivity index (χ4n) is 3.43. The summed E-state index contributed by atoms with van der Waals surface area (Å²) in [6, 6.07) is 7.67. The first-order chi connectivity index (χ1) is 8.77.